The molecule has 0 spiro atoms. The first kappa shape index (κ1) is 18.3. The zero-order valence-corrected chi connectivity index (χ0v) is 14.7. The lowest BCUT2D eigenvalue weighted by atomic mass is 10.2. The van der Waals surface area contributed by atoms with Gasteiger partial charge < -0.3 is 9.64 Å². The number of carbonyl (C=O) groups excluding carboxylic acids is 2. The molecule has 1 aliphatic heterocycles. The topological polar surface area (TPSA) is 84.0 Å². The van der Waals surface area contributed by atoms with E-state index in [-0.39, 0.29) is 30.3 Å². The molecule has 7 nitrogen and oxygen atoms in total. The van der Waals surface area contributed by atoms with Crippen LogP contribution in [0.2, 0.25) is 0 Å². The van der Waals surface area contributed by atoms with Crippen molar-refractivity contribution in [3.63, 3.8) is 0 Å². The van der Waals surface area contributed by atoms with E-state index >= 15 is 0 Å². The third-order valence-electron chi connectivity index (χ3n) is 3.81. The van der Waals surface area contributed by atoms with Crippen LogP contribution >= 0.6 is 0 Å². The fraction of sp³-hybridized carbons (Fsp3) is 0.500. The third kappa shape index (κ3) is 4.25. The number of nitrogens with zero attached hydrogens (tertiary/aromatic N) is 2. The zero-order valence-electron chi connectivity index (χ0n) is 13.9. The van der Waals surface area contributed by atoms with E-state index < -0.39 is 16.0 Å². The van der Waals surface area contributed by atoms with Crippen molar-refractivity contribution in [3.8, 4) is 0 Å². The molecule has 1 aromatic rings. The highest BCUT2D eigenvalue weighted by molar-refractivity contribution is 7.92. The van der Waals surface area contributed by atoms with E-state index in [1.807, 2.05) is 0 Å². The van der Waals surface area contributed by atoms with Crippen molar-refractivity contribution in [2.75, 3.05) is 36.8 Å². The maximum atomic E-state index is 12.4. The number of hydrogen-bond donors (Lipinski definition) is 0. The summed E-state index contributed by atoms with van der Waals surface area (Å²) in [5, 5.41) is 0. The molecule has 1 aliphatic rings. The molecule has 1 heterocycles. The van der Waals surface area contributed by atoms with Gasteiger partial charge in [0.2, 0.25) is 15.9 Å². The first-order valence-electron chi connectivity index (χ1n) is 7.86. The predicted molar refractivity (Wildman–Crippen MR) is 90.4 cm³/mol. The predicted octanol–water partition coefficient (Wildman–Crippen LogP) is 1.25. The van der Waals surface area contributed by atoms with Crippen molar-refractivity contribution in [1.29, 1.82) is 0 Å². The number of esters is 1. The maximum Gasteiger partial charge on any atom is 0.340 e. The molecule has 0 aromatic heterocycles. The summed E-state index contributed by atoms with van der Waals surface area (Å²) in [7, 11) is -3.74. The van der Waals surface area contributed by atoms with E-state index in [0.717, 1.165) is 23.4 Å². The highest BCUT2D eigenvalue weighted by Gasteiger charge is 2.28. The molecule has 2 rings (SSSR count). The highest BCUT2D eigenvalue weighted by Crippen LogP contribution is 2.24. The quantitative estimate of drug-likeness (QED) is 0.718. The lowest BCUT2D eigenvalue weighted by Gasteiger charge is -2.26. The van der Waals surface area contributed by atoms with Crippen LogP contribution < -0.4 is 4.31 Å². The van der Waals surface area contributed by atoms with Crippen LogP contribution in [0.1, 0.15) is 30.1 Å². The van der Waals surface area contributed by atoms with Crippen LogP contribution in [0.25, 0.3) is 0 Å². The van der Waals surface area contributed by atoms with Gasteiger partial charge in [-0.05, 0) is 31.9 Å². The summed E-state index contributed by atoms with van der Waals surface area (Å²) in [6, 6.07) is 6.24. The Hall–Kier alpha value is -2.09. The second-order valence-corrected chi connectivity index (χ2v) is 7.50. The number of para-hydroxylation sites is 1. The van der Waals surface area contributed by atoms with Gasteiger partial charge in [0.05, 0.1) is 24.1 Å². The normalized spacial score (nSPS) is 14.5. The summed E-state index contributed by atoms with van der Waals surface area (Å²) < 4.78 is 30.4. The van der Waals surface area contributed by atoms with Crippen molar-refractivity contribution < 1.29 is 22.7 Å². The van der Waals surface area contributed by atoms with Gasteiger partial charge in [0.1, 0.15) is 6.54 Å². The Kier molecular flexibility index (Phi) is 5.82. The summed E-state index contributed by atoms with van der Waals surface area (Å²) >= 11 is 0. The van der Waals surface area contributed by atoms with Crippen LogP contribution in [0, 0.1) is 0 Å². The van der Waals surface area contributed by atoms with Gasteiger partial charge in [0.25, 0.3) is 0 Å². The number of rotatable bonds is 6. The number of benzene rings is 1. The van der Waals surface area contributed by atoms with Crippen molar-refractivity contribution >= 4 is 27.6 Å². The van der Waals surface area contributed by atoms with Crippen LogP contribution in [0.4, 0.5) is 5.69 Å². The number of ether oxygens (including phenoxy) is 1. The number of amides is 1. The number of hydrogen-bond acceptors (Lipinski definition) is 5. The van der Waals surface area contributed by atoms with Crippen molar-refractivity contribution in [1.82, 2.24) is 4.90 Å². The molecule has 0 unspecified atom stereocenters. The SMILES string of the molecule is CCOC(=O)c1ccccc1N(CC(=O)N1CCCC1)S(C)(=O)=O. The summed E-state index contributed by atoms with van der Waals surface area (Å²) in [6.07, 6.45) is 2.86. The highest BCUT2D eigenvalue weighted by atomic mass is 32.2. The Bertz CT molecular complexity index is 711. The van der Waals surface area contributed by atoms with Crippen molar-refractivity contribution in [2.24, 2.45) is 0 Å². The average molecular weight is 354 g/mol. The largest absolute Gasteiger partial charge is 0.462 e. The number of anilines is 1. The van der Waals surface area contributed by atoms with Crippen LogP contribution in [-0.2, 0) is 19.6 Å². The summed E-state index contributed by atoms with van der Waals surface area (Å²) in [4.78, 5) is 26.1. The van der Waals surface area contributed by atoms with Gasteiger partial charge >= 0.3 is 5.97 Å². The average Bonchev–Trinajstić information content (AvgIpc) is 3.06. The van der Waals surface area contributed by atoms with Gasteiger partial charge in [-0.15, -0.1) is 0 Å². The third-order valence-corrected chi connectivity index (χ3v) is 4.93. The van der Waals surface area contributed by atoms with E-state index in [4.69, 9.17) is 4.74 Å². The molecule has 0 bridgehead atoms. The van der Waals surface area contributed by atoms with Gasteiger partial charge in [-0.2, -0.15) is 0 Å². The Morgan fingerprint density at radius 1 is 1.21 bits per heavy atom. The monoisotopic (exact) mass is 354 g/mol. The molecule has 0 N–H and O–H groups in total. The van der Waals surface area contributed by atoms with Crippen molar-refractivity contribution in [2.45, 2.75) is 19.8 Å². The molecule has 1 aromatic carbocycles. The smallest absolute Gasteiger partial charge is 0.340 e. The van der Waals surface area contributed by atoms with Crippen LogP contribution in [-0.4, -0.2) is 57.7 Å². The standard InChI is InChI=1S/C16H22N2O5S/c1-3-23-16(20)13-8-4-5-9-14(13)18(24(2,21)22)12-15(19)17-10-6-7-11-17/h4-5,8-9H,3,6-7,10-12H2,1-2H3. The lowest BCUT2D eigenvalue weighted by Crippen LogP contribution is -2.42. The van der Waals surface area contributed by atoms with E-state index in [0.29, 0.717) is 13.1 Å². The molecular weight excluding hydrogens is 332 g/mol. The minimum absolute atomic E-state index is 0.124. The minimum atomic E-state index is -3.74. The maximum absolute atomic E-state index is 12.4. The number of likely N-dealkylation sites (tertiary alicyclic amines) is 1. The van der Waals surface area contributed by atoms with Crippen molar-refractivity contribution in [3.05, 3.63) is 29.8 Å². The van der Waals surface area contributed by atoms with Crippen LogP contribution in [0.3, 0.4) is 0 Å². The Labute approximate surface area is 142 Å². The van der Waals surface area contributed by atoms with Crippen LogP contribution in [0.15, 0.2) is 24.3 Å². The summed E-state index contributed by atoms with van der Waals surface area (Å²) in [5.74, 6) is -0.882. The Balaban J connectivity index is 2.35. The molecule has 132 valence electrons. The molecule has 1 amide bonds. The fourth-order valence-electron chi connectivity index (χ4n) is 2.64. The van der Waals surface area contributed by atoms with Gasteiger partial charge in [-0.1, -0.05) is 12.1 Å². The summed E-state index contributed by atoms with van der Waals surface area (Å²) in [6.45, 7) is 2.80. The van der Waals surface area contributed by atoms with Crippen LogP contribution in [0.5, 0.6) is 0 Å². The minimum Gasteiger partial charge on any atom is -0.462 e. The van der Waals surface area contributed by atoms with E-state index in [9.17, 15) is 18.0 Å². The molecule has 1 fully saturated rings. The number of carbonyl (C=O) groups is 2. The zero-order chi connectivity index (χ0) is 17.7. The fourth-order valence-corrected chi connectivity index (χ4v) is 3.50. The van der Waals surface area contributed by atoms with Gasteiger partial charge in [-0.3, -0.25) is 9.10 Å². The van der Waals surface area contributed by atoms with E-state index in [1.54, 1.807) is 24.0 Å². The van der Waals surface area contributed by atoms with Gasteiger partial charge in [0, 0.05) is 13.1 Å². The van der Waals surface area contributed by atoms with E-state index in [2.05, 4.69) is 0 Å². The lowest BCUT2D eigenvalue weighted by molar-refractivity contribution is -0.128. The Morgan fingerprint density at radius 2 is 1.83 bits per heavy atom. The molecule has 1 saturated heterocycles. The second-order valence-electron chi connectivity index (χ2n) is 5.60. The summed E-state index contributed by atoms with van der Waals surface area (Å²) in [5.41, 5.74) is 0.282. The first-order chi connectivity index (χ1) is 11.3. The molecule has 24 heavy (non-hydrogen) atoms. The second kappa shape index (κ2) is 7.65. The molecular formula is C16H22N2O5S. The van der Waals surface area contributed by atoms with E-state index in [1.165, 1.54) is 12.1 Å². The first-order valence-corrected chi connectivity index (χ1v) is 9.71. The Morgan fingerprint density at radius 3 is 2.42 bits per heavy atom. The van der Waals surface area contributed by atoms with Gasteiger partial charge in [0.15, 0.2) is 0 Å². The molecule has 8 heteroatoms. The van der Waals surface area contributed by atoms with Gasteiger partial charge in [-0.25, -0.2) is 13.2 Å². The molecule has 0 saturated carbocycles. The molecule has 0 radical (unpaired) electrons. The number of sulfonamides is 1. The molecule has 0 atom stereocenters. The molecule has 0 aliphatic carbocycles.